The second kappa shape index (κ2) is 6.47. The zero-order chi connectivity index (χ0) is 13.7. The smallest absolute Gasteiger partial charge is 0.183 e. The van der Waals surface area contributed by atoms with E-state index in [9.17, 15) is 5.11 Å². The first-order chi connectivity index (χ1) is 9.20. The molecule has 2 aromatic rings. The quantitative estimate of drug-likeness (QED) is 0.740. The van der Waals surface area contributed by atoms with Crippen LogP contribution in [0.4, 0.5) is 5.69 Å². The summed E-state index contributed by atoms with van der Waals surface area (Å²) in [5.41, 5.74) is 1.60. The third-order valence-corrected chi connectivity index (χ3v) is 3.58. The topological polar surface area (TPSA) is 69.0 Å². The zero-order valence-electron chi connectivity index (χ0n) is 9.88. The molecule has 0 bridgehead atoms. The number of rotatable bonds is 5. The summed E-state index contributed by atoms with van der Waals surface area (Å²) < 4.78 is 0.414. The molecule has 0 amide bonds. The Kier molecular flexibility index (Phi) is 4.68. The number of nitrogens with one attached hydrogen (secondary N) is 2. The Labute approximate surface area is 119 Å². The fraction of sp³-hybridized carbons (Fsp3) is 0.0769. The van der Waals surface area contributed by atoms with Gasteiger partial charge in [0.25, 0.3) is 0 Å². The summed E-state index contributed by atoms with van der Waals surface area (Å²) in [5.74, 6) is 0. The molecule has 0 aliphatic carbocycles. The van der Waals surface area contributed by atoms with Gasteiger partial charge in [0.15, 0.2) is 4.47 Å². The lowest BCUT2D eigenvalue weighted by Crippen LogP contribution is -1.98. The molecule has 1 atom stereocenters. The normalized spacial score (nSPS) is 12.5. The van der Waals surface area contributed by atoms with Crippen LogP contribution in [0.2, 0.25) is 4.47 Å². The van der Waals surface area contributed by atoms with Gasteiger partial charge >= 0.3 is 0 Å². The maximum absolute atomic E-state index is 10.2. The summed E-state index contributed by atoms with van der Waals surface area (Å²) in [4.78, 5) is 4.62. The fourth-order valence-corrected chi connectivity index (χ4v) is 2.52. The van der Waals surface area contributed by atoms with Crippen LogP contribution in [0.5, 0.6) is 0 Å². The highest BCUT2D eigenvalue weighted by Crippen LogP contribution is 2.29. The molecule has 1 aromatic carbocycles. The molecule has 0 aliphatic rings. The second-order valence-corrected chi connectivity index (χ2v) is 5.36. The van der Waals surface area contributed by atoms with Gasteiger partial charge in [-0.2, -0.15) is 0 Å². The summed E-state index contributed by atoms with van der Waals surface area (Å²) in [6.45, 7) is 0. The lowest BCUT2D eigenvalue weighted by molar-refractivity contribution is 0.224. The van der Waals surface area contributed by atoms with E-state index >= 15 is 0 Å². The summed E-state index contributed by atoms with van der Waals surface area (Å²) in [6, 6.07) is 7.41. The van der Waals surface area contributed by atoms with Crippen LogP contribution in [0.1, 0.15) is 16.5 Å². The van der Waals surface area contributed by atoms with E-state index in [-0.39, 0.29) is 0 Å². The standard InChI is InChI=1S/C13H12ClN3OS/c14-13-17-8-11(19-13)12(18)9-3-1-4-10(7-9)16-6-2-5-15/h1-8,12,15-16,18H/b6-2-,15-5?. The molecule has 0 spiro atoms. The van der Waals surface area contributed by atoms with Crippen molar-refractivity contribution in [3.63, 3.8) is 0 Å². The number of allylic oxidation sites excluding steroid dienone is 1. The fourth-order valence-electron chi connectivity index (χ4n) is 1.55. The van der Waals surface area contributed by atoms with Gasteiger partial charge in [0.05, 0.1) is 4.88 Å². The number of halogens is 1. The van der Waals surface area contributed by atoms with Crippen LogP contribution in [0, 0.1) is 5.41 Å². The van der Waals surface area contributed by atoms with E-state index < -0.39 is 6.10 Å². The summed E-state index contributed by atoms with van der Waals surface area (Å²) in [7, 11) is 0. The minimum Gasteiger partial charge on any atom is -0.383 e. The number of aliphatic hydroxyl groups excluding tert-OH is 1. The Balaban J connectivity index is 2.18. The Morgan fingerprint density at radius 3 is 3.00 bits per heavy atom. The van der Waals surface area contributed by atoms with E-state index in [0.29, 0.717) is 9.34 Å². The van der Waals surface area contributed by atoms with Gasteiger partial charge in [0.1, 0.15) is 6.10 Å². The molecule has 0 radical (unpaired) electrons. The van der Waals surface area contributed by atoms with Crippen LogP contribution in [0.15, 0.2) is 42.7 Å². The maximum atomic E-state index is 10.2. The minimum absolute atomic E-state index is 0.414. The van der Waals surface area contributed by atoms with Crippen LogP contribution in [-0.4, -0.2) is 16.3 Å². The predicted molar refractivity (Wildman–Crippen MR) is 79.2 cm³/mol. The lowest BCUT2D eigenvalue weighted by atomic mass is 10.1. The van der Waals surface area contributed by atoms with E-state index in [4.69, 9.17) is 17.0 Å². The van der Waals surface area contributed by atoms with Crippen molar-refractivity contribution in [2.75, 3.05) is 5.32 Å². The molecule has 0 saturated heterocycles. The van der Waals surface area contributed by atoms with Gasteiger partial charge < -0.3 is 15.8 Å². The average Bonchev–Trinajstić information content (AvgIpc) is 2.85. The number of benzene rings is 1. The van der Waals surface area contributed by atoms with Gasteiger partial charge in [-0.1, -0.05) is 23.7 Å². The number of anilines is 1. The molecule has 1 unspecified atom stereocenters. The van der Waals surface area contributed by atoms with Gasteiger partial charge in [-0.15, -0.1) is 11.3 Å². The van der Waals surface area contributed by atoms with Gasteiger partial charge in [0.2, 0.25) is 0 Å². The minimum atomic E-state index is -0.738. The molecular formula is C13H12ClN3OS. The number of aliphatic hydroxyl groups is 1. The van der Waals surface area contributed by atoms with E-state index in [0.717, 1.165) is 11.3 Å². The molecule has 6 heteroatoms. The highest BCUT2D eigenvalue weighted by molar-refractivity contribution is 7.15. The molecule has 0 aliphatic heterocycles. The molecular weight excluding hydrogens is 282 g/mol. The van der Waals surface area contributed by atoms with Crippen LogP contribution < -0.4 is 5.32 Å². The highest BCUT2D eigenvalue weighted by atomic mass is 35.5. The van der Waals surface area contributed by atoms with Crippen molar-refractivity contribution >= 4 is 34.8 Å². The van der Waals surface area contributed by atoms with Crippen molar-refractivity contribution in [2.24, 2.45) is 0 Å². The van der Waals surface area contributed by atoms with Crippen molar-refractivity contribution in [1.29, 1.82) is 5.41 Å². The largest absolute Gasteiger partial charge is 0.383 e. The van der Waals surface area contributed by atoms with E-state index in [2.05, 4.69) is 10.3 Å². The molecule has 98 valence electrons. The first kappa shape index (κ1) is 13.7. The number of thiazole rings is 1. The third-order valence-electron chi connectivity index (χ3n) is 2.41. The van der Waals surface area contributed by atoms with Gasteiger partial charge in [-0.05, 0) is 23.8 Å². The Hall–Kier alpha value is -1.69. The van der Waals surface area contributed by atoms with Crippen molar-refractivity contribution in [2.45, 2.75) is 6.10 Å². The molecule has 1 aromatic heterocycles. The SMILES string of the molecule is N=C/C=C\Nc1cccc(C(O)c2cnc(Cl)s2)c1. The monoisotopic (exact) mass is 293 g/mol. The van der Waals surface area contributed by atoms with Crippen LogP contribution in [-0.2, 0) is 0 Å². The second-order valence-electron chi connectivity index (χ2n) is 3.71. The average molecular weight is 294 g/mol. The van der Waals surface area contributed by atoms with Gasteiger partial charge in [-0.3, -0.25) is 0 Å². The molecule has 3 N–H and O–H groups in total. The molecule has 19 heavy (non-hydrogen) atoms. The van der Waals surface area contributed by atoms with Crippen LogP contribution in [0.25, 0.3) is 0 Å². The molecule has 2 rings (SSSR count). The van der Waals surface area contributed by atoms with Crippen molar-refractivity contribution in [3.05, 3.63) is 57.6 Å². The molecule has 4 nitrogen and oxygen atoms in total. The molecule has 1 heterocycles. The first-order valence-corrected chi connectivity index (χ1v) is 6.71. The first-order valence-electron chi connectivity index (χ1n) is 5.52. The van der Waals surface area contributed by atoms with Crippen molar-refractivity contribution in [1.82, 2.24) is 4.98 Å². The maximum Gasteiger partial charge on any atom is 0.183 e. The lowest BCUT2D eigenvalue weighted by Gasteiger charge is -2.10. The Bertz CT molecular complexity index is 597. The Morgan fingerprint density at radius 1 is 1.47 bits per heavy atom. The number of aromatic nitrogens is 1. The van der Waals surface area contributed by atoms with Gasteiger partial charge in [-0.25, -0.2) is 4.98 Å². The van der Waals surface area contributed by atoms with Crippen LogP contribution in [0.3, 0.4) is 0 Å². The predicted octanol–water partition coefficient (Wildman–Crippen LogP) is 3.45. The van der Waals surface area contributed by atoms with Gasteiger partial charge in [0, 0.05) is 24.3 Å². The third kappa shape index (κ3) is 3.64. The molecule has 0 saturated carbocycles. The number of hydrogen-bond acceptors (Lipinski definition) is 5. The van der Waals surface area contributed by atoms with Crippen molar-refractivity contribution < 1.29 is 5.11 Å². The van der Waals surface area contributed by atoms with E-state index in [1.54, 1.807) is 18.5 Å². The summed E-state index contributed by atoms with van der Waals surface area (Å²) >= 11 is 7.02. The zero-order valence-corrected chi connectivity index (χ0v) is 11.4. The number of hydrogen-bond donors (Lipinski definition) is 3. The van der Waals surface area contributed by atoms with E-state index in [1.807, 2.05) is 24.3 Å². The van der Waals surface area contributed by atoms with Crippen molar-refractivity contribution in [3.8, 4) is 0 Å². The summed E-state index contributed by atoms with van der Waals surface area (Å²) in [5, 5.41) is 20.1. The number of nitrogens with zero attached hydrogens (tertiary/aromatic N) is 1. The van der Waals surface area contributed by atoms with Crippen LogP contribution >= 0.6 is 22.9 Å². The molecule has 0 fully saturated rings. The highest BCUT2D eigenvalue weighted by Gasteiger charge is 2.13. The van der Waals surface area contributed by atoms with E-state index in [1.165, 1.54) is 17.6 Å². The Morgan fingerprint density at radius 2 is 2.32 bits per heavy atom. The summed E-state index contributed by atoms with van der Waals surface area (Å²) in [6.07, 6.45) is 5.25.